The van der Waals surface area contributed by atoms with Crippen LogP contribution in [0.2, 0.25) is 0 Å². The molecule has 0 aromatic carbocycles. The number of hydrogen-bond donors (Lipinski definition) is 1. The zero-order valence-electron chi connectivity index (χ0n) is 11.9. The van der Waals surface area contributed by atoms with Gasteiger partial charge in [-0.15, -0.1) is 0 Å². The molecule has 1 saturated heterocycles. The van der Waals surface area contributed by atoms with E-state index < -0.39 is 0 Å². The molecule has 0 aromatic rings. The molecule has 1 rings (SSSR count). The highest BCUT2D eigenvalue weighted by Crippen LogP contribution is 2.14. The van der Waals surface area contributed by atoms with Crippen molar-refractivity contribution in [3.8, 4) is 0 Å². The number of hydrogen-bond acceptors (Lipinski definition) is 3. The van der Waals surface area contributed by atoms with Crippen LogP contribution in [0.4, 0.5) is 0 Å². The Kier molecular flexibility index (Phi) is 7.82. The molecule has 0 atom stereocenters. The highest BCUT2D eigenvalue weighted by Gasteiger charge is 2.19. The van der Waals surface area contributed by atoms with Crippen LogP contribution in [0.25, 0.3) is 0 Å². The zero-order valence-corrected chi connectivity index (χ0v) is 11.9. The first-order chi connectivity index (χ1) is 8.22. The van der Waals surface area contributed by atoms with Gasteiger partial charge < -0.3 is 15.0 Å². The monoisotopic (exact) mass is 244 g/mol. The first-order valence-corrected chi connectivity index (χ1v) is 7.27. The minimum atomic E-state index is 0. The molecule has 3 nitrogen and oxygen atoms in total. The highest BCUT2D eigenvalue weighted by atomic mass is 16.5. The molecule has 0 aliphatic carbocycles. The molecule has 1 heterocycles. The molecule has 0 aromatic heterocycles. The lowest BCUT2D eigenvalue weighted by Gasteiger charge is -2.32. The number of nitrogens with one attached hydrogen (secondary N) is 1. The fraction of sp³-hybridized carbons (Fsp3) is 1.00. The van der Waals surface area contributed by atoms with Crippen LogP contribution >= 0.6 is 0 Å². The van der Waals surface area contributed by atoms with Crippen molar-refractivity contribution in [2.24, 2.45) is 5.92 Å². The molecule has 0 amide bonds. The smallest absolute Gasteiger partial charge is 0.0599 e. The fourth-order valence-corrected chi connectivity index (χ4v) is 2.40. The summed E-state index contributed by atoms with van der Waals surface area (Å²) in [7, 11) is 0. The van der Waals surface area contributed by atoms with E-state index in [-0.39, 0.29) is 1.43 Å². The van der Waals surface area contributed by atoms with Gasteiger partial charge in [0.1, 0.15) is 0 Å². The number of piperidine rings is 1. The predicted molar refractivity (Wildman–Crippen MR) is 75.5 cm³/mol. The van der Waals surface area contributed by atoms with Crippen LogP contribution in [0, 0.1) is 5.92 Å². The summed E-state index contributed by atoms with van der Waals surface area (Å²) in [6, 6.07) is 0. The molecule has 0 spiro atoms. The Hall–Kier alpha value is -0.120. The van der Waals surface area contributed by atoms with E-state index in [4.69, 9.17) is 4.74 Å². The van der Waals surface area contributed by atoms with Crippen molar-refractivity contribution in [3.05, 3.63) is 0 Å². The summed E-state index contributed by atoms with van der Waals surface area (Å²) in [6.45, 7) is 13.5. The summed E-state index contributed by atoms with van der Waals surface area (Å²) in [4.78, 5) is 2.57. The normalized spacial score (nSPS) is 19.1. The third-order valence-electron chi connectivity index (χ3n) is 3.26. The van der Waals surface area contributed by atoms with Gasteiger partial charge in [-0.1, -0.05) is 20.8 Å². The Morgan fingerprint density at radius 2 is 2.06 bits per heavy atom. The van der Waals surface area contributed by atoms with Gasteiger partial charge in [0.15, 0.2) is 0 Å². The molecular formula is C14H32N2O. The third kappa shape index (κ3) is 7.02. The second kappa shape index (κ2) is 8.90. The average molecular weight is 244 g/mol. The molecule has 104 valence electrons. The summed E-state index contributed by atoms with van der Waals surface area (Å²) in [5, 5.41) is 3.33. The molecule has 1 aliphatic heterocycles. The number of ether oxygens (including phenoxy) is 1. The van der Waals surface area contributed by atoms with Gasteiger partial charge in [-0.05, 0) is 38.3 Å². The summed E-state index contributed by atoms with van der Waals surface area (Å²) < 4.78 is 5.92. The van der Waals surface area contributed by atoms with Crippen LogP contribution in [0.1, 0.15) is 41.5 Å². The minimum Gasteiger partial charge on any atom is -0.378 e. The SMILES string of the molecule is CCNCCCOC1CCN(CC(C)C)CC1.[HH]. The van der Waals surface area contributed by atoms with E-state index in [1.165, 1.54) is 32.5 Å². The Balaban J connectivity index is 0.00000289. The Bertz CT molecular complexity index is 183. The number of nitrogens with zero attached hydrogens (tertiary/aromatic N) is 1. The average Bonchev–Trinajstić information content (AvgIpc) is 2.30. The number of rotatable bonds is 8. The largest absolute Gasteiger partial charge is 0.378 e. The second-order valence-corrected chi connectivity index (χ2v) is 5.47. The second-order valence-electron chi connectivity index (χ2n) is 5.47. The van der Waals surface area contributed by atoms with Gasteiger partial charge in [0.2, 0.25) is 0 Å². The standard InChI is InChI=1S/C14H30N2O.H2/c1-4-15-8-5-11-17-14-6-9-16(10-7-14)12-13(2)3;/h13-15H,4-12H2,1-3H3;1H. The van der Waals surface area contributed by atoms with E-state index in [2.05, 4.69) is 31.0 Å². The lowest BCUT2D eigenvalue weighted by Crippen LogP contribution is -2.39. The predicted octanol–water partition coefficient (Wildman–Crippen LogP) is 2.37. The van der Waals surface area contributed by atoms with Gasteiger partial charge in [-0.2, -0.15) is 0 Å². The highest BCUT2D eigenvalue weighted by molar-refractivity contribution is 4.73. The molecule has 0 radical (unpaired) electrons. The van der Waals surface area contributed by atoms with Crippen molar-refractivity contribution < 1.29 is 6.16 Å². The zero-order chi connectivity index (χ0) is 12.5. The van der Waals surface area contributed by atoms with Crippen LogP contribution in [0.3, 0.4) is 0 Å². The van der Waals surface area contributed by atoms with E-state index >= 15 is 0 Å². The maximum Gasteiger partial charge on any atom is 0.0599 e. The van der Waals surface area contributed by atoms with Crippen molar-refractivity contribution in [2.45, 2.75) is 46.1 Å². The van der Waals surface area contributed by atoms with Gasteiger partial charge in [-0.3, -0.25) is 0 Å². The van der Waals surface area contributed by atoms with E-state index in [0.29, 0.717) is 6.10 Å². The first kappa shape index (κ1) is 14.9. The maximum absolute atomic E-state index is 5.92. The first-order valence-electron chi connectivity index (χ1n) is 7.27. The van der Waals surface area contributed by atoms with Crippen molar-refractivity contribution in [2.75, 3.05) is 39.3 Å². The van der Waals surface area contributed by atoms with Gasteiger partial charge in [0.25, 0.3) is 0 Å². The molecule has 0 unspecified atom stereocenters. The van der Waals surface area contributed by atoms with Crippen LogP contribution < -0.4 is 5.32 Å². The van der Waals surface area contributed by atoms with E-state index in [0.717, 1.165) is 32.0 Å². The lowest BCUT2D eigenvalue weighted by atomic mass is 10.1. The Morgan fingerprint density at radius 3 is 2.65 bits per heavy atom. The van der Waals surface area contributed by atoms with Crippen LogP contribution in [-0.4, -0.2) is 50.3 Å². The van der Waals surface area contributed by atoms with Crippen molar-refractivity contribution in [1.82, 2.24) is 10.2 Å². The molecule has 1 N–H and O–H groups in total. The molecule has 3 heteroatoms. The number of likely N-dealkylation sites (tertiary alicyclic amines) is 1. The van der Waals surface area contributed by atoms with Gasteiger partial charge >= 0.3 is 0 Å². The molecule has 1 aliphatic rings. The Morgan fingerprint density at radius 1 is 1.35 bits per heavy atom. The van der Waals surface area contributed by atoms with Crippen molar-refractivity contribution in [3.63, 3.8) is 0 Å². The van der Waals surface area contributed by atoms with Crippen molar-refractivity contribution >= 4 is 0 Å². The van der Waals surface area contributed by atoms with Gasteiger partial charge in [-0.25, -0.2) is 0 Å². The van der Waals surface area contributed by atoms with Crippen LogP contribution in [0.15, 0.2) is 0 Å². The lowest BCUT2D eigenvalue weighted by molar-refractivity contribution is 0.00471. The topological polar surface area (TPSA) is 24.5 Å². The molecule has 1 fully saturated rings. The summed E-state index contributed by atoms with van der Waals surface area (Å²) in [6.07, 6.45) is 4.09. The fourth-order valence-electron chi connectivity index (χ4n) is 2.40. The summed E-state index contributed by atoms with van der Waals surface area (Å²) in [5.74, 6) is 0.785. The van der Waals surface area contributed by atoms with Crippen LogP contribution in [-0.2, 0) is 4.74 Å². The minimum absolute atomic E-state index is 0. The molecule has 0 saturated carbocycles. The van der Waals surface area contributed by atoms with Gasteiger partial charge in [0.05, 0.1) is 6.10 Å². The molecule has 17 heavy (non-hydrogen) atoms. The van der Waals surface area contributed by atoms with Crippen molar-refractivity contribution in [1.29, 1.82) is 0 Å². The van der Waals surface area contributed by atoms with Crippen LogP contribution in [0.5, 0.6) is 0 Å². The van der Waals surface area contributed by atoms with E-state index in [9.17, 15) is 0 Å². The van der Waals surface area contributed by atoms with E-state index in [1.54, 1.807) is 0 Å². The summed E-state index contributed by atoms with van der Waals surface area (Å²) in [5.41, 5.74) is 0. The Labute approximate surface area is 108 Å². The molecule has 0 bridgehead atoms. The molecular weight excluding hydrogens is 212 g/mol. The van der Waals surface area contributed by atoms with Gasteiger partial charge in [0, 0.05) is 27.7 Å². The summed E-state index contributed by atoms with van der Waals surface area (Å²) >= 11 is 0. The maximum atomic E-state index is 5.92. The van der Waals surface area contributed by atoms with E-state index in [1.807, 2.05) is 0 Å². The third-order valence-corrected chi connectivity index (χ3v) is 3.26. The quantitative estimate of drug-likeness (QED) is 0.663.